The highest BCUT2D eigenvalue weighted by molar-refractivity contribution is 6.82. The van der Waals surface area contributed by atoms with Gasteiger partial charge in [-0.05, 0) is 339 Å². The Kier molecular flexibility index (Phi) is 2.24. The molecule has 1 heteroatoms. The molecule has 294 valence electrons. The summed E-state index contributed by atoms with van der Waals surface area (Å²) in [5.41, 5.74) is 7.09. The molecule has 0 N–H and O–H groups in total. The van der Waals surface area contributed by atoms with Crippen LogP contribution in [0.4, 0.5) is 0 Å². The van der Waals surface area contributed by atoms with E-state index >= 15 is 0 Å². The second-order valence-electron chi connectivity index (χ2n) is 26.2. The van der Waals surface area contributed by atoms with Crippen LogP contribution in [0.1, 0.15) is 49.4 Å². The summed E-state index contributed by atoms with van der Waals surface area (Å²) in [6, 6.07) is 0.429. The van der Waals surface area contributed by atoms with Crippen LogP contribution < -0.4 is 0 Å². The van der Waals surface area contributed by atoms with E-state index in [1.165, 1.54) is 6.42 Å². The molecule has 28 aromatic rings. The molecular weight excluding hydrogens is 831 g/mol. The van der Waals surface area contributed by atoms with Gasteiger partial charge in [-0.2, -0.15) is 0 Å². The molecule has 1 nitrogen and oxygen atoms in total. The van der Waals surface area contributed by atoms with Crippen molar-refractivity contribution in [1.82, 2.24) is 4.90 Å². The fourth-order valence-electron chi connectivity index (χ4n) is 26.6. The van der Waals surface area contributed by atoms with E-state index in [1.807, 2.05) is 22.3 Å². The van der Waals surface area contributed by atoms with Crippen LogP contribution in [-0.4, -0.2) is 24.0 Å². The molecule has 0 unspecified atom stereocenters. The predicted molar refractivity (Wildman–Crippen MR) is 294 cm³/mol. The standard InChI is InChI=1S/C68H17N/c1-4-69(5-2)8-6-7(3)67-63-55-47-37-27-19-11-9-10-13-17-15(11)23-31-25(17)35-29-21(13)22-14(10)18-16-12(9)20(19)28-34-24(16)32-26(18)36-30(22)40-39(29)49-43(35)53-45(31)51(41(47)33(23)27)57(63)59(53)65-61(49)62-50(40)44(36)54-46(32)52-42(34)48(38(28)37)56(55)64(67)58(52)60(54)66(62)68(8,65)67/h7-8H,4-6H2,1-3H3/t7-,8+,67?,68?/m1/s1. The van der Waals surface area contributed by atoms with Crippen LogP contribution in [0.5, 0.6) is 0 Å². The first-order chi connectivity index (χ1) is 34.3. The van der Waals surface area contributed by atoms with E-state index in [9.17, 15) is 0 Å². The zero-order chi connectivity index (χ0) is 41.3. The summed E-state index contributed by atoms with van der Waals surface area (Å²) in [7, 11) is 0. The van der Waals surface area contributed by atoms with Crippen LogP contribution in [0, 0.1) is 5.92 Å². The summed E-state index contributed by atoms with van der Waals surface area (Å²) in [6.07, 6.45) is 1.26. The molecule has 0 radical (unpaired) electrons. The van der Waals surface area contributed by atoms with Crippen molar-refractivity contribution in [3.05, 3.63) is 22.3 Å². The van der Waals surface area contributed by atoms with Gasteiger partial charge in [0, 0.05) is 11.5 Å². The van der Waals surface area contributed by atoms with Gasteiger partial charge in [-0.1, -0.05) is 20.8 Å². The van der Waals surface area contributed by atoms with Crippen molar-refractivity contribution >= 4 is 291 Å². The van der Waals surface area contributed by atoms with Crippen LogP contribution in [0.25, 0.3) is 291 Å². The van der Waals surface area contributed by atoms with E-state index in [0.29, 0.717) is 12.0 Å². The molecule has 0 amide bonds. The van der Waals surface area contributed by atoms with E-state index in [2.05, 4.69) is 25.7 Å². The topological polar surface area (TPSA) is 3.24 Å². The molecule has 0 bridgehead atoms. The zero-order valence-corrected chi connectivity index (χ0v) is 36.7. The van der Waals surface area contributed by atoms with E-state index in [1.54, 1.807) is 291 Å². The van der Waals surface area contributed by atoms with E-state index in [4.69, 9.17) is 0 Å². The third-order valence-electron chi connectivity index (χ3n) is 26.5. The lowest BCUT2D eigenvalue weighted by Crippen LogP contribution is -2.58. The summed E-state index contributed by atoms with van der Waals surface area (Å²) < 4.78 is 0. The number of rotatable bonds is 3. The summed E-state index contributed by atoms with van der Waals surface area (Å²) in [6.45, 7) is 10.1. The average Bonchev–Trinajstić information content (AvgIpc) is 4.28. The lowest BCUT2D eigenvalue weighted by molar-refractivity contribution is 0.155. The Hall–Kier alpha value is -7.58. The monoisotopic (exact) mass is 847 g/mol. The van der Waals surface area contributed by atoms with Gasteiger partial charge in [0.2, 0.25) is 0 Å². The summed E-state index contributed by atoms with van der Waals surface area (Å²) >= 11 is 0. The Morgan fingerprint density at radius 1 is 0.246 bits per heavy atom. The van der Waals surface area contributed by atoms with Crippen molar-refractivity contribution in [3.8, 4) is 0 Å². The van der Waals surface area contributed by atoms with Gasteiger partial charge in [0.15, 0.2) is 0 Å². The highest BCUT2D eigenvalue weighted by Gasteiger charge is 2.76. The van der Waals surface area contributed by atoms with Crippen LogP contribution in [0.3, 0.4) is 0 Å². The quantitative estimate of drug-likeness (QED) is 0.160. The fourth-order valence-corrected chi connectivity index (χ4v) is 26.6. The molecule has 1 fully saturated rings. The normalized spacial score (nSPS) is 25.0. The van der Waals surface area contributed by atoms with Crippen molar-refractivity contribution in [3.63, 3.8) is 0 Å². The first kappa shape index (κ1) is 26.3. The maximum atomic E-state index is 3.04. The Bertz CT molecular complexity index is 6910. The largest absolute Gasteiger partial charge is 0.300 e. The first-order valence-electron chi connectivity index (χ1n) is 26.8. The van der Waals surface area contributed by atoms with Gasteiger partial charge in [-0.25, -0.2) is 0 Å². The highest BCUT2D eigenvalue weighted by atomic mass is 15.2. The molecule has 1 saturated carbocycles. The molecule has 5 aliphatic carbocycles. The molecule has 5 aliphatic rings. The SMILES string of the molecule is CCN(CC)[C@H]1C[C@@H](C)C23c4c5c6c7c8c9c(c%10c%11c2c2c4c4c%12c5c5c6c6c8c8c%13c9c9c%10c%10c%11c%11c2c2c4c4c%12c%12c5c5c6c8c6c8c%13c9c9c%10c%10c%11c2c2c4c4c%12c5c6c5c8c9c%10c2c45)C713. The second kappa shape index (κ2) is 5.88. The van der Waals surface area contributed by atoms with E-state index < -0.39 is 0 Å². The Morgan fingerprint density at radius 3 is 0.551 bits per heavy atom. The minimum Gasteiger partial charge on any atom is -0.300 e. The number of hydrogen-bond acceptors (Lipinski definition) is 1. The summed E-state index contributed by atoms with van der Waals surface area (Å²) in [5.74, 6) is 0.499. The van der Waals surface area contributed by atoms with Crippen molar-refractivity contribution in [2.24, 2.45) is 5.92 Å². The molecule has 0 aromatic heterocycles. The van der Waals surface area contributed by atoms with Crippen molar-refractivity contribution in [2.75, 3.05) is 13.1 Å². The Balaban J connectivity index is 1.22. The first-order valence-corrected chi connectivity index (χ1v) is 26.8. The fraction of sp³-hybridized carbons (Fsp3) is 0.147. The maximum absolute atomic E-state index is 3.04. The second-order valence-corrected chi connectivity index (χ2v) is 26.2. The van der Waals surface area contributed by atoms with Gasteiger partial charge < -0.3 is 0 Å². The Morgan fingerprint density at radius 2 is 0.391 bits per heavy atom. The molecule has 28 aromatic carbocycles. The van der Waals surface area contributed by atoms with E-state index in [0.717, 1.165) is 13.1 Å². The van der Waals surface area contributed by atoms with E-state index in [-0.39, 0.29) is 10.8 Å². The lowest BCUT2D eigenvalue weighted by Gasteiger charge is -2.55. The van der Waals surface area contributed by atoms with Gasteiger partial charge in [0.05, 0.1) is 5.41 Å². The minimum absolute atomic E-state index is 0.133. The number of hydrogen-bond donors (Lipinski definition) is 0. The van der Waals surface area contributed by atoms with Crippen LogP contribution in [0.15, 0.2) is 0 Å². The molecule has 69 heavy (non-hydrogen) atoms. The van der Waals surface area contributed by atoms with Crippen molar-refractivity contribution < 1.29 is 0 Å². The van der Waals surface area contributed by atoms with Gasteiger partial charge in [-0.15, -0.1) is 0 Å². The number of likely N-dealkylation sites (N-methyl/N-ethyl adjacent to an activating group) is 1. The molecule has 0 saturated heterocycles. The number of benzene rings is 18. The third kappa shape index (κ3) is 1.36. The zero-order valence-electron chi connectivity index (χ0n) is 36.7. The van der Waals surface area contributed by atoms with Gasteiger partial charge in [0.1, 0.15) is 0 Å². The Labute approximate surface area is 379 Å². The van der Waals surface area contributed by atoms with Gasteiger partial charge in [0.25, 0.3) is 0 Å². The van der Waals surface area contributed by atoms with Crippen molar-refractivity contribution in [1.29, 1.82) is 0 Å². The summed E-state index contributed by atoms with van der Waals surface area (Å²) in [4.78, 5) is 3.04. The molecular formula is C68H17N. The smallest absolute Gasteiger partial charge is 0.0524 e. The van der Waals surface area contributed by atoms with Crippen LogP contribution in [0.2, 0.25) is 0 Å². The predicted octanol–water partition coefficient (Wildman–Crippen LogP) is 18.0. The molecule has 0 aliphatic heterocycles. The molecule has 2 atom stereocenters. The molecule has 2 spiro atoms. The van der Waals surface area contributed by atoms with Crippen LogP contribution in [-0.2, 0) is 10.8 Å². The van der Waals surface area contributed by atoms with Crippen LogP contribution >= 0.6 is 0 Å². The van der Waals surface area contributed by atoms with Crippen molar-refractivity contribution in [2.45, 2.75) is 44.1 Å². The highest BCUT2D eigenvalue weighted by Crippen LogP contribution is 2.87. The maximum Gasteiger partial charge on any atom is 0.0524 e. The third-order valence-corrected chi connectivity index (χ3v) is 26.5. The molecule has 0 heterocycles. The average molecular weight is 848 g/mol. The van der Waals surface area contributed by atoms with Gasteiger partial charge >= 0.3 is 0 Å². The number of nitrogens with zero attached hydrogens (tertiary/aromatic N) is 1. The van der Waals surface area contributed by atoms with Gasteiger partial charge in [-0.3, -0.25) is 4.90 Å². The molecule has 33 rings (SSSR count). The summed E-state index contributed by atoms with van der Waals surface area (Å²) in [5, 5.41) is 91.9. The minimum atomic E-state index is -0.163. The lowest BCUT2D eigenvalue weighted by atomic mass is 9.47.